The molecule has 0 bridgehead atoms. The summed E-state index contributed by atoms with van der Waals surface area (Å²) in [5.41, 5.74) is 0. The van der Waals surface area contributed by atoms with E-state index in [2.05, 4.69) is 9.80 Å². The highest BCUT2D eigenvalue weighted by molar-refractivity contribution is 4.84. The molecule has 2 nitrogen and oxygen atoms in total. The van der Waals surface area contributed by atoms with Crippen LogP contribution in [0.1, 0.15) is 44.9 Å². The molecule has 1 aliphatic carbocycles. The van der Waals surface area contributed by atoms with Gasteiger partial charge in [0.15, 0.2) is 0 Å². The largest absolute Gasteiger partial charge is 0.303 e. The molecule has 3 rings (SSSR count). The van der Waals surface area contributed by atoms with E-state index in [9.17, 15) is 0 Å². The Kier molecular flexibility index (Phi) is 3.49. The smallest absolute Gasteiger partial charge is 0.0120 e. The summed E-state index contributed by atoms with van der Waals surface area (Å²) in [6.45, 7) is 6.92. The second-order valence-corrected chi connectivity index (χ2v) is 6.07. The standard InChI is InChI=1S/C14H26N2/c1-2-8-16(9-3-1)14-6-10-15(11-7-14)12-13-4-5-13/h13-14H,1-12H2. The molecule has 0 radical (unpaired) electrons. The quantitative estimate of drug-likeness (QED) is 0.723. The highest BCUT2D eigenvalue weighted by Gasteiger charge is 2.29. The van der Waals surface area contributed by atoms with Crippen LogP contribution in [-0.4, -0.2) is 48.6 Å². The van der Waals surface area contributed by atoms with Crippen molar-refractivity contribution in [2.24, 2.45) is 5.92 Å². The molecule has 0 amide bonds. The van der Waals surface area contributed by atoms with Gasteiger partial charge in [0.05, 0.1) is 0 Å². The number of piperidine rings is 2. The highest BCUT2D eigenvalue weighted by Crippen LogP contribution is 2.31. The molecule has 0 aromatic rings. The predicted molar refractivity (Wildman–Crippen MR) is 67.6 cm³/mol. The van der Waals surface area contributed by atoms with E-state index in [-0.39, 0.29) is 0 Å². The third-order valence-corrected chi connectivity index (χ3v) is 4.68. The molecular weight excluding hydrogens is 196 g/mol. The maximum absolute atomic E-state index is 2.78. The lowest BCUT2D eigenvalue weighted by Gasteiger charge is -2.40. The van der Waals surface area contributed by atoms with Crippen molar-refractivity contribution in [1.82, 2.24) is 9.80 Å². The van der Waals surface area contributed by atoms with E-state index in [1.54, 1.807) is 0 Å². The molecule has 0 spiro atoms. The van der Waals surface area contributed by atoms with Gasteiger partial charge in [-0.1, -0.05) is 6.42 Å². The lowest BCUT2D eigenvalue weighted by Crippen LogP contribution is -2.47. The van der Waals surface area contributed by atoms with Crippen LogP contribution in [0.5, 0.6) is 0 Å². The zero-order valence-corrected chi connectivity index (χ0v) is 10.5. The normalized spacial score (nSPS) is 30.8. The van der Waals surface area contributed by atoms with Gasteiger partial charge in [0.1, 0.15) is 0 Å². The number of nitrogens with zero attached hydrogens (tertiary/aromatic N) is 2. The molecule has 3 aliphatic rings. The summed E-state index contributed by atoms with van der Waals surface area (Å²) in [5, 5.41) is 0. The van der Waals surface area contributed by atoms with Crippen molar-refractivity contribution in [3.05, 3.63) is 0 Å². The molecule has 0 aromatic carbocycles. The van der Waals surface area contributed by atoms with Gasteiger partial charge in [0.25, 0.3) is 0 Å². The molecule has 2 heterocycles. The van der Waals surface area contributed by atoms with E-state index in [1.165, 1.54) is 77.7 Å². The fourth-order valence-corrected chi connectivity index (χ4v) is 3.42. The molecule has 1 saturated carbocycles. The minimum absolute atomic E-state index is 0.927. The molecule has 0 unspecified atom stereocenters. The maximum atomic E-state index is 2.78. The first-order chi connectivity index (χ1) is 7.92. The Bertz CT molecular complexity index is 211. The Morgan fingerprint density at radius 2 is 1.44 bits per heavy atom. The molecule has 2 saturated heterocycles. The van der Waals surface area contributed by atoms with Crippen LogP contribution < -0.4 is 0 Å². The van der Waals surface area contributed by atoms with E-state index in [1.807, 2.05) is 0 Å². The Labute approximate surface area is 100.0 Å². The highest BCUT2D eigenvalue weighted by atomic mass is 15.2. The summed E-state index contributed by atoms with van der Waals surface area (Å²) >= 11 is 0. The molecule has 3 fully saturated rings. The fraction of sp³-hybridized carbons (Fsp3) is 1.00. The van der Waals surface area contributed by atoms with Crippen molar-refractivity contribution >= 4 is 0 Å². The lowest BCUT2D eigenvalue weighted by molar-refractivity contribution is 0.0907. The van der Waals surface area contributed by atoms with Crippen LogP contribution in [0.4, 0.5) is 0 Å². The predicted octanol–water partition coefficient (Wildman–Crippen LogP) is 2.35. The second-order valence-electron chi connectivity index (χ2n) is 6.07. The first-order valence-electron chi connectivity index (χ1n) is 7.38. The number of likely N-dealkylation sites (tertiary alicyclic amines) is 2. The number of hydrogen-bond acceptors (Lipinski definition) is 2. The molecule has 0 aromatic heterocycles. The number of hydrogen-bond donors (Lipinski definition) is 0. The molecule has 92 valence electrons. The van der Waals surface area contributed by atoms with Gasteiger partial charge in [-0.15, -0.1) is 0 Å². The average Bonchev–Trinajstić information content (AvgIpc) is 3.15. The average molecular weight is 222 g/mol. The third kappa shape index (κ3) is 2.78. The van der Waals surface area contributed by atoms with Gasteiger partial charge in [0, 0.05) is 12.6 Å². The van der Waals surface area contributed by atoms with Crippen LogP contribution in [0.15, 0.2) is 0 Å². The van der Waals surface area contributed by atoms with Crippen LogP contribution >= 0.6 is 0 Å². The molecule has 2 aliphatic heterocycles. The summed E-state index contributed by atoms with van der Waals surface area (Å²) in [5.74, 6) is 1.08. The van der Waals surface area contributed by atoms with Gasteiger partial charge >= 0.3 is 0 Å². The van der Waals surface area contributed by atoms with Crippen LogP contribution in [0, 0.1) is 5.92 Å². The summed E-state index contributed by atoms with van der Waals surface area (Å²) in [7, 11) is 0. The van der Waals surface area contributed by atoms with E-state index < -0.39 is 0 Å². The van der Waals surface area contributed by atoms with Crippen molar-refractivity contribution in [3.8, 4) is 0 Å². The van der Waals surface area contributed by atoms with Crippen LogP contribution in [0.25, 0.3) is 0 Å². The monoisotopic (exact) mass is 222 g/mol. The zero-order valence-electron chi connectivity index (χ0n) is 10.5. The van der Waals surface area contributed by atoms with E-state index in [0.717, 1.165) is 12.0 Å². The second kappa shape index (κ2) is 5.05. The Hall–Kier alpha value is -0.0800. The number of rotatable bonds is 3. The summed E-state index contributed by atoms with van der Waals surface area (Å²) in [6.07, 6.45) is 10.2. The fourth-order valence-electron chi connectivity index (χ4n) is 3.42. The summed E-state index contributed by atoms with van der Waals surface area (Å²) in [4.78, 5) is 5.50. The zero-order chi connectivity index (χ0) is 10.8. The summed E-state index contributed by atoms with van der Waals surface area (Å²) < 4.78 is 0. The van der Waals surface area contributed by atoms with Crippen molar-refractivity contribution < 1.29 is 0 Å². The van der Waals surface area contributed by atoms with Crippen molar-refractivity contribution in [3.63, 3.8) is 0 Å². The van der Waals surface area contributed by atoms with Gasteiger partial charge in [-0.2, -0.15) is 0 Å². The molecular formula is C14H26N2. The molecule has 2 heteroatoms. The van der Waals surface area contributed by atoms with Gasteiger partial charge in [-0.25, -0.2) is 0 Å². The maximum Gasteiger partial charge on any atom is 0.0120 e. The van der Waals surface area contributed by atoms with Gasteiger partial charge in [0.2, 0.25) is 0 Å². The van der Waals surface area contributed by atoms with Crippen molar-refractivity contribution in [1.29, 1.82) is 0 Å². The Morgan fingerprint density at radius 3 is 2.06 bits per heavy atom. The topological polar surface area (TPSA) is 6.48 Å². The van der Waals surface area contributed by atoms with E-state index in [4.69, 9.17) is 0 Å². The van der Waals surface area contributed by atoms with E-state index in [0.29, 0.717) is 0 Å². The first-order valence-corrected chi connectivity index (χ1v) is 7.38. The van der Waals surface area contributed by atoms with Crippen LogP contribution in [0.3, 0.4) is 0 Å². The third-order valence-electron chi connectivity index (χ3n) is 4.68. The van der Waals surface area contributed by atoms with E-state index >= 15 is 0 Å². The van der Waals surface area contributed by atoms with Crippen molar-refractivity contribution in [2.45, 2.75) is 51.0 Å². The minimum Gasteiger partial charge on any atom is -0.303 e. The lowest BCUT2D eigenvalue weighted by atomic mass is 10.00. The molecule has 16 heavy (non-hydrogen) atoms. The van der Waals surface area contributed by atoms with Gasteiger partial charge in [-0.05, 0) is 70.6 Å². The molecule has 0 N–H and O–H groups in total. The van der Waals surface area contributed by atoms with Gasteiger partial charge in [-0.3, -0.25) is 0 Å². The van der Waals surface area contributed by atoms with Crippen molar-refractivity contribution in [2.75, 3.05) is 32.7 Å². The minimum atomic E-state index is 0.927. The Balaban J connectivity index is 1.42. The van der Waals surface area contributed by atoms with Crippen LogP contribution in [0.2, 0.25) is 0 Å². The molecule has 0 atom stereocenters. The van der Waals surface area contributed by atoms with Crippen LogP contribution in [-0.2, 0) is 0 Å². The first kappa shape index (κ1) is 11.0. The van der Waals surface area contributed by atoms with Gasteiger partial charge < -0.3 is 9.80 Å². The SMILES string of the molecule is C1CCN(C2CCN(CC3CC3)CC2)CC1. The Morgan fingerprint density at radius 1 is 0.750 bits per heavy atom. The summed E-state index contributed by atoms with van der Waals surface area (Å²) in [6, 6.07) is 0.927.